The van der Waals surface area contributed by atoms with E-state index in [2.05, 4.69) is 12.2 Å². The van der Waals surface area contributed by atoms with Crippen molar-refractivity contribution < 1.29 is 9.13 Å². The van der Waals surface area contributed by atoms with Crippen molar-refractivity contribution in [1.29, 1.82) is 0 Å². The molecule has 0 amide bonds. The summed E-state index contributed by atoms with van der Waals surface area (Å²) in [6, 6.07) is 7.31. The molecule has 0 spiro atoms. The van der Waals surface area contributed by atoms with Gasteiger partial charge in [0.15, 0.2) is 0 Å². The molecule has 1 aromatic rings. The largest absolute Gasteiger partial charge is 0.378 e. The lowest BCUT2D eigenvalue weighted by Crippen LogP contribution is -2.46. The van der Waals surface area contributed by atoms with Crippen LogP contribution in [0.25, 0.3) is 0 Å². The first kappa shape index (κ1) is 9.62. The second-order valence-corrected chi connectivity index (χ2v) is 3.67. The van der Waals surface area contributed by atoms with E-state index in [1.54, 1.807) is 0 Å². The van der Waals surface area contributed by atoms with Gasteiger partial charge in [0.2, 0.25) is 0 Å². The third kappa shape index (κ3) is 2.11. The van der Waals surface area contributed by atoms with E-state index in [1.807, 2.05) is 12.1 Å². The van der Waals surface area contributed by atoms with Crippen molar-refractivity contribution in [3.8, 4) is 0 Å². The first-order valence-corrected chi connectivity index (χ1v) is 4.85. The Balaban J connectivity index is 1.95. The van der Waals surface area contributed by atoms with Crippen molar-refractivity contribution in [2.24, 2.45) is 0 Å². The van der Waals surface area contributed by atoms with Crippen LogP contribution in [-0.2, 0) is 4.74 Å². The van der Waals surface area contributed by atoms with Gasteiger partial charge in [0.05, 0.1) is 19.3 Å². The van der Waals surface area contributed by atoms with E-state index >= 15 is 0 Å². The average molecular weight is 195 g/mol. The molecule has 3 heteroatoms. The van der Waals surface area contributed by atoms with Crippen molar-refractivity contribution >= 4 is 0 Å². The van der Waals surface area contributed by atoms with Gasteiger partial charge in [-0.1, -0.05) is 12.1 Å². The first-order chi connectivity index (χ1) is 6.75. The topological polar surface area (TPSA) is 21.3 Å². The van der Waals surface area contributed by atoms with Crippen LogP contribution in [0.3, 0.4) is 0 Å². The van der Waals surface area contributed by atoms with Gasteiger partial charge in [0.1, 0.15) is 5.82 Å². The Bertz CT molecular complexity index is 295. The Morgan fingerprint density at radius 1 is 1.36 bits per heavy atom. The van der Waals surface area contributed by atoms with Crippen molar-refractivity contribution in [2.75, 3.05) is 13.2 Å². The van der Waals surface area contributed by atoms with Crippen LogP contribution in [-0.4, -0.2) is 19.3 Å². The molecular weight excluding hydrogens is 181 g/mol. The summed E-state index contributed by atoms with van der Waals surface area (Å²) < 4.78 is 17.7. The molecule has 0 aliphatic carbocycles. The number of hydrogen-bond acceptors (Lipinski definition) is 2. The quantitative estimate of drug-likeness (QED) is 0.795. The maximum Gasteiger partial charge on any atom is 0.123 e. The van der Waals surface area contributed by atoms with E-state index < -0.39 is 0 Å². The molecule has 76 valence electrons. The van der Waals surface area contributed by atoms with Gasteiger partial charge in [-0.15, -0.1) is 0 Å². The zero-order chi connectivity index (χ0) is 9.97. The fourth-order valence-corrected chi connectivity index (χ4v) is 1.53. The van der Waals surface area contributed by atoms with Crippen LogP contribution >= 0.6 is 0 Å². The van der Waals surface area contributed by atoms with Gasteiger partial charge in [-0.25, -0.2) is 4.39 Å². The smallest absolute Gasteiger partial charge is 0.123 e. The van der Waals surface area contributed by atoms with Crippen molar-refractivity contribution in [1.82, 2.24) is 5.32 Å². The third-order valence-corrected chi connectivity index (χ3v) is 2.49. The summed E-state index contributed by atoms with van der Waals surface area (Å²) in [5, 5.41) is 3.40. The van der Waals surface area contributed by atoms with Crippen LogP contribution in [0.5, 0.6) is 0 Å². The highest BCUT2D eigenvalue weighted by molar-refractivity contribution is 5.19. The summed E-state index contributed by atoms with van der Waals surface area (Å²) in [5.74, 6) is -0.187. The molecule has 1 aromatic carbocycles. The second kappa shape index (κ2) is 4.07. The molecule has 1 saturated heterocycles. The lowest BCUT2D eigenvalue weighted by molar-refractivity contribution is -0.00925. The van der Waals surface area contributed by atoms with E-state index in [0.29, 0.717) is 6.04 Å². The summed E-state index contributed by atoms with van der Waals surface area (Å²) in [4.78, 5) is 0. The van der Waals surface area contributed by atoms with Gasteiger partial charge >= 0.3 is 0 Å². The first-order valence-electron chi connectivity index (χ1n) is 4.85. The van der Waals surface area contributed by atoms with Crippen molar-refractivity contribution in [3.05, 3.63) is 35.6 Å². The number of ether oxygens (including phenoxy) is 1. The molecule has 0 radical (unpaired) electrons. The van der Waals surface area contributed by atoms with Crippen molar-refractivity contribution in [2.45, 2.75) is 19.0 Å². The highest BCUT2D eigenvalue weighted by Gasteiger charge is 2.20. The van der Waals surface area contributed by atoms with Gasteiger partial charge in [0.25, 0.3) is 0 Å². The molecule has 2 rings (SSSR count). The Morgan fingerprint density at radius 3 is 2.50 bits per heavy atom. The normalized spacial score (nSPS) is 19.0. The lowest BCUT2D eigenvalue weighted by Gasteiger charge is -2.30. The fraction of sp³-hybridized carbons (Fsp3) is 0.455. The monoisotopic (exact) mass is 195 g/mol. The SMILES string of the molecule is C[C@H](NC1COC1)c1ccc(F)cc1. The lowest BCUT2D eigenvalue weighted by atomic mass is 10.1. The molecule has 14 heavy (non-hydrogen) atoms. The Kier molecular flexibility index (Phi) is 2.79. The summed E-state index contributed by atoms with van der Waals surface area (Å²) in [6.45, 7) is 3.64. The van der Waals surface area contributed by atoms with Gasteiger partial charge in [0, 0.05) is 6.04 Å². The highest BCUT2D eigenvalue weighted by Crippen LogP contribution is 2.15. The molecule has 1 atom stereocenters. The van der Waals surface area contributed by atoms with Crippen LogP contribution < -0.4 is 5.32 Å². The standard InChI is InChI=1S/C11H14FNO/c1-8(13-11-6-14-7-11)9-2-4-10(12)5-3-9/h2-5,8,11,13H,6-7H2,1H3/t8-/m0/s1. The number of benzene rings is 1. The number of nitrogens with one attached hydrogen (secondary N) is 1. The van der Waals surface area contributed by atoms with Crippen LogP contribution in [0.4, 0.5) is 4.39 Å². The molecule has 0 unspecified atom stereocenters. The maximum atomic E-state index is 12.6. The predicted octanol–water partition coefficient (Wildman–Crippen LogP) is 1.88. The molecule has 1 N–H and O–H groups in total. The van der Waals surface area contributed by atoms with Crippen LogP contribution in [0.2, 0.25) is 0 Å². The van der Waals surface area contributed by atoms with E-state index in [9.17, 15) is 4.39 Å². The predicted molar refractivity (Wildman–Crippen MR) is 52.6 cm³/mol. The van der Waals surface area contributed by atoms with Crippen LogP contribution in [0, 0.1) is 5.82 Å². The number of hydrogen-bond donors (Lipinski definition) is 1. The number of halogens is 1. The molecule has 0 aromatic heterocycles. The minimum absolute atomic E-state index is 0.187. The average Bonchev–Trinajstić information content (AvgIpc) is 2.12. The minimum atomic E-state index is -0.187. The maximum absolute atomic E-state index is 12.6. The fourth-order valence-electron chi connectivity index (χ4n) is 1.53. The summed E-state index contributed by atoms with van der Waals surface area (Å²) in [7, 11) is 0. The highest BCUT2D eigenvalue weighted by atomic mass is 19.1. The Morgan fingerprint density at radius 2 is 2.00 bits per heavy atom. The third-order valence-electron chi connectivity index (χ3n) is 2.49. The van der Waals surface area contributed by atoms with Gasteiger partial charge < -0.3 is 10.1 Å². The molecule has 1 heterocycles. The van der Waals surface area contributed by atoms with E-state index in [-0.39, 0.29) is 11.9 Å². The van der Waals surface area contributed by atoms with E-state index in [0.717, 1.165) is 18.8 Å². The van der Waals surface area contributed by atoms with Crippen molar-refractivity contribution in [3.63, 3.8) is 0 Å². The van der Waals surface area contributed by atoms with Gasteiger partial charge in [-0.3, -0.25) is 0 Å². The van der Waals surface area contributed by atoms with E-state index in [4.69, 9.17) is 4.74 Å². The summed E-state index contributed by atoms with van der Waals surface area (Å²) in [5.41, 5.74) is 1.11. The number of rotatable bonds is 3. The molecule has 1 aliphatic heterocycles. The van der Waals surface area contributed by atoms with Gasteiger partial charge in [-0.2, -0.15) is 0 Å². The molecule has 2 nitrogen and oxygen atoms in total. The molecule has 0 saturated carbocycles. The van der Waals surface area contributed by atoms with E-state index in [1.165, 1.54) is 12.1 Å². The minimum Gasteiger partial charge on any atom is -0.378 e. The van der Waals surface area contributed by atoms with Crippen LogP contribution in [0.1, 0.15) is 18.5 Å². The second-order valence-electron chi connectivity index (χ2n) is 3.67. The molecular formula is C11H14FNO. The Labute approximate surface area is 83.1 Å². The molecule has 0 bridgehead atoms. The summed E-state index contributed by atoms with van der Waals surface area (Å²) >= 11 is 0. The zero-order valence-corrected chi connectivity index (χ0v) is 8.16. The van der Waals surface area contributed by atoms with Gasteiger partial charge in [-0.05, 0) is 24.6 Å². The molecule has 1 fully saturated rings. The molecule has 1 aliphatic rings. The summed E-state index contributed by atoms with van der Waals surface area (Å²) in [6.07, 6.45) is 0. The Hall–Kier alpha value is -0.930. The van der Waals surface area contributed by atoms with Crippen LogP contribution in [0.15, 0.2) is 24.3 Å². The zero-order valence-electron chi connectivity index (χ0n) is 8.16.